The van der Waals surface area contributed by atoms with Crippen LogP contribution in [0.4, 0.5) is 5.69 Å². The van der Waals surface area contributed by atoms with Crippen LogP contribution in [0.15, 0.2) is 41.8 Å². The van der Waals surface area contributed by atoms with Crippen molar-refractivity contribution in [3.63, 3.8) is 0 Å². The van der Waals surface area contributed by atoms with Crippen molar-refractivity contribution in [1.29, 1.82) is 0 Å². The number of hydrogen-bond acceptors (Lipinski definition) is 7. The quantitative estimate of drug-likeness (QED) is 0.459. The first-order chi connectivity index (χ1) is 14.6. The van der Waals surface area contributed by atoms with Gasteiger partial charge in [-0.05, 0) is 42.6 Å². The van der Waals surface area contributed by atoms with E-state index in [4.69, 9.17) is 14.5 Å². The van der Waals surface area contributed by atoms with Gasteiger partial charge in [0.05, 0.1) is 30.5 Å². The number of methoxy groups -OCH3 is 2. The number of benzene rings is 1. The summed E-state index contributed by atoms with van der Waals surface area (Å²) in [5.41, 5.74) is 3.46. The second kappa shape index (κ2) is 7.30. The Morgan fingerprint density at radius 3 is 2.67 bits per heavy atom. The van der Waals surface area contributed by atoms with Crippen molar-refractivity contribution < 1.29 is 14.3 Å². The van der Waals surface area contributed by atoms with Crippen LogP contribution in [-0.2, 0) is 0 Å². The highest BCUT2D eigenvalue weighted by atomic mass is 32.1. The summed E-state index contributed by atoms with van der Waals surface area (Å²) in [5, 5.41) is 9.50. The molecular weight excluding hydrogens is 418 g/mol. The maximum absolute atomic E-state index is 12.9. The standard InChI is InChI=1S/C22H19N3O3S2/c1-11-15(27-2)9-7-13(18(11)28-3)20-24-17-12-6-8-14(16-5-4-10-29-16)23-22(12)30-19(17)21(26)25-20/h4-10,20,24H,1-3H3,(H,25,26). The van der Waals surface area contributed by atoms with Gasteiger partial charge >= 0.3 is 0 Å². The molecule has 1 amide bonds. The normalized spacial score (nSPS) is 15.4. The second-order valence-corrected chi connectivity index (χ2v) is 8.85. The zero-order chi connectivity index (χ0) is 20.8. The summed E-state index contributed by atoms with van der Waals surface area (Å²) in [6, 6.07) is 11.9. The number of amides is 1. The van der Waals surface area contributed by atoms with Gasteiger partial charge in [0, 0.05) is 16.5 Å². The summed E-state index contributed by atoms with van der Waals surface area (Å²) >= 11 is 3.05. The lowest BCUT2D eigenvalue weighted by molar-refractivity contribution is 0.0940. The lowest BCUT2D eigenvalue weighted by atomic mass is 10.0. The molecule has 0 saturated carbocycles. The predicted octanol–water partition coefficient (Wildman–Crippen LogP) is 5.20. The van der Waals surface area contributed by atoms with Gasteiger partial charge in [-0.25, -0.2) is 4.98 Å². The molecule has 6 nitrogen and oxygen atoms in total. The summed E-state index contributed by atoms with van der Waals surface area (Å²) in [4.78, 5) is 20.3. The van der Waals surface area contributed by atoms with Gasteiger partial charge in [-0.2, -0.15) is 0 Å². The molecule has 0 bridgehead atoms. The summed E-state index contributed by atoms with van der Waals surface area (Å²) in [6.07, 6.45) is -0.417. The lowest BCUT2D eigenvalue weighted by Crippen LogP contribution is -2.37. The van der Waals surface area contributed by atoms with E-state index >= 15 is 0 Å². The average molecular weight is 438 g/mol. The van der Waals surface area contributed by atoms with Crippen molar-refractivity contribution >= 4 is 44.5 Å². The number of pyridine rings is 1. The Kier molecular flexibility index (Phi) is 4.60. The van der Waals surface area contributed by atoms with Crippen LogP contribution < -0.4 is 20.1 Å². The van der Waals surface area contributed by atoms with E-state index in [1.807, 2.05) is 48.7 Å². The first kappa shape index (κ1) is 18.9. The number of thiophene rings is 2. The van der Waals surface area contributed by atoms with Crippen LogP contribution in [0.3, 0.4) is 0 Å². The molecule has 30 heavy (non-hydrogen) atoms. The fourth-order valence-corrected chi connectivity index (χ4v) is 5.53. The molecule has 1 aliphatic rings. The van der Waals surface area contributed by atoms with E-state index in [0.717, 1.165) is 43.4 Å². The van der Waals surface area contributed by atoms with Crippen molar-refractivity contribution in [3.05, 3.63) is 57.8 Å². The van der Waals surface area contributed by atoms with Gasteiger partial charge in [0.25, 0.3) is 5.91 Å². The number of fused-ring (bicyclic) bond motifs is 3. The number of ether oxygens (including phenoxy) is 2. The maximum Gasteiger partial charge on any atom is 0.265 e. The third-order valence-electron chi connectivity index (χ3n) is 5.22. The van der Waals surface area contributed by atoms with Crippen LogP contribution in [0.2, 0.25) is 0 Å². The van der Waals surface area contributed by atoms with Crippen molar-refractivity contribution in [2.45, 2.75) is 13.1 Å². The maximum atomic E-state index is 12.9. The summed E-state index contributed by atoms with van der Waals surface area (Å²) in [7, 11) is 3.25. The van der Waals surface area contributed by atoms with Crippen LogP contribution in [0.1, 0.15) is 27.0 Å². The average Bonchev–Trinajstić information content (AvgIpc) is 3.41. The summed E-state index contributed by atoms with van der Waals surface area (Å²) in [6.45, 7) is 1.94. The van der Waals surface area contributed by atoms with E-state index in [2.05, 4.69) is 10.6 Å². The predicted molar refractivity (Wildman–Crippen MR) is 121 cm³/mol. The largest absolute Gasteiger partial charge is 0.496 e. The molecule has 8 heteroatoms. The zero-order valence-electron chi connectivity index (χ0n) is 16.6. The zero-order valence-corrected chi connectivity index (χ0v) is 18.2. The van der Waals surface area contributed by atoms with E-state index < -0.39 is 6.17 Å². The van der Waals surface area contributed by atoms with Gasteiger partial charge in [-0.3, -0.25) is 4.79 Å². The number of rotatable bonds is 4. The Balaban J connectivity index is 1.58. The minimum Gasteiger partial charge on any atom is -0.496 e. The first-order valence-corrected chi connectivity index (χ1v) is 11.1. The van der Waals surface area contributed by atoms with E-state index in [0.29, 0.717) is 10.6 Å². The Morgan fingerprint density at radius 1 is 1.07 bits per heavy atom. The Hall–Kier alpha value is -3.10. The number of anilines is 1. The van der Waals surface area contributed by atoms with Crippen LogP contribution in [0.25, 0.3) is 20.8 Å². The third kappa shape index (κ3) is 2.91. The van der Waals surface area contributed by atoms with Gasteiger partial charge in [-0.15, -0.1) is 22.7 Å². The highest BCUT2D eigenvalue weighted by Crippen LogP contribution is 2.42. The van der Waals surface area contributed by atoms with Crippen LogP contribution in [0.5, 0.6) is 11.5 Å². The van der Waals surface area contributed by atoms with Gasteiger partial charge in [0.2, 0.25) is 0 Å². The Morgan fingerprint density at radius 2 is 1.93 bits per heavy atom. The molecular formula is C22H19N3O3S2. The molecule has 1 unspecified atom stereocenters. The number of nitrogens with one attached hydrogen (secondary N) is 2. The number of nitrogens with zero attached hydrogens (tertiary/aromatic N) is 1. The fraction of sp³-hybridized carbons (Fsp3) is 0.182. The Labute approximate surface area is 181 Å². The lowest BCUT2D eigenvalue weighted by Gasteiger charge is -2.28. The molecule has 0 radical (unpaired) electrons. The van der Waals surface area contributed by atoms with Gasteiger partial charge < -0.3 is 20.1 Å². The minimum atomic E-state index is -0.417. The number of carbonyl (C=O) groups excluding carboxylic acids is 1. The second-order valence-electron chi connectivity index (χ2n) is 6.90. The smallest absolute Gasteiger partial charge is 0.265 e. The van der Waals surface area contributed by atoms with E-state index in [1.54, 1.807) is 25.6 Å². The molecule has 5 rings (SSSR count). The van der Waals surface area contributed by atoms with Crippen LogP contribution >= 0.6 is 22.7 Å². The van der Waals surface area contributed by atoms with Gasteiger partial charge in [0.1, 0.15) is 27.4 Å². The molecule has 0 saturated heterocycles. The van der Waals surface area contributed by atoms with Gasteiger partial charge in [0.15, 0.2) is 0 Å². The van der Waals surface area contributed by atoms with Crippen molar-refractivity contribution in [3.8, 4) is 22.1 Å². The van der Waals surface area contributed by atoms with E-state index in [9.17, 15) is 4.79 Å². The highest BCUT2D eigenvalue weighted by Gasteiger charge is 2.31. The van der Waals surface area contributed by atoms with E-state index in [-0.39, 0.29) is 5.91 Å². The van der Waals surface area contributed by atoms with Crippen molar-refractivity contribution in [2.75, 3.05) is 19.5 Å². The molecule has 4 aromatic rings. The molecule has 152 valence electrons. The SMILES string of the molecule is COc1ccc(C2NC(=O)c3sc4nc(-c5cccs5)ccc4c3N2)c(OC)c1C. The molecule has 0 fully saturated rings. The third-order valence-corrected chi connectivity index (χ3v) is 7.21. The summed E-state index contributed by atoms with van der Waals surface area (Å²) < 4.78 is 11.0. The molecule has 0 spiro atoms. The Bertz CT molecular complexity index is 1260. The van der Waals surface area contributed by atoms with Crippen LogP contribution in [-0.4, -0.2) is 25.1 Å². The molecule has 3 aromatic heterocycles. The summed E-state index contributed by atoms with van der Waals surface area (Å²) in [5.74, 6) is 1.31. The van der Waals surface area contributed by atoms with Gasteiger partial charge in [-0.1, -0.05) is 6.07 Å². The van der Waals surface area contributed by atoms with Crippen molar-refractivity contribution in [2.24, 2.45) is 0 Å². The highest BCUT2D eigenvalue weighted by molar-refractivity contribution is 7.21. The molecule has 1 aromatic carbocycles. The molecule has 0 aliphatic carbocycles. The van der Waals surface area contributed by atoms with Crippen LogP contribution in [0, 0.1) is 6.92 Å². The molecule has 1 aliphatic heterocycles. The fourth-order valence-electron chi connectivity index (χ4n) is 3.79. The number of hydrogen-bond donors (Lipinski definition) is 2. The first-order valence-electron chi connectivity index (χ1n) is 9.37. The monoisotopic (exact) mass is 437 g/mol. The molecule has 1 atom stereocenters. The molecule has 2 N–H and O–H groups in total. The van der Waals surface area contributed by atoms with E-state index in [1.165, 1.54) is 11.3 Å². The topological polar surface area (TPSA) is 72.5 Å². The number of carbonyl (C=O) groups is 1. The molecule has 4 heterocycles. The van der Waals surface area contributed by atoms with Crippen molar-refractivity contribution in [1.82, 2.24) is 10.3 Å². The number of aromatic nitrogens is 1. The minimum absolute atomic E-state index is 0.120.